The Bertz CT molecular complexity index is 346. The molecule has 0 aromatic rings. The van der Waals surface area contributed by atoms with Gasteiger partial charge in [-0.15, -0.1) is 0 Å². The van der Waals surface area contributed by atoms with Gasteiger partial charge in [-0.1, -0.05) is 67.7 Å². The highest BCUT2D eigenvalue weighted by Crippen LogP contribution is 2.53. The minimum atomic E-state index is 0.416. The summed E-state index contributed by atoms with van der Waals surface area (Å²) in [6.07, 6.45) is 9.59. The van der Waals surface area contributed by atoms with Crippen LogP contribution in [0.5, 0.6) is 0 Å². The van der Waals surface area contributed by atoms with Crippen LogP contribution in [0.25, 0.3) is 0 Å². The zero-order valence-electron chi connectivity index (χ0n) is 18.5. The molecule has 0 bridgehead atoms. The van der Waals surface area contributed by atoms with E-state index in [0.717, 1.165) is 31.0 Å². The second-order valence-corrected chi connectivity index (χ2v) is 9.90. The van der Waals surface area contributed by atoms with Crippen molar-refractivity contribution in [1.29, 1.82) is 0 Å². The molecule has 2 aliphatic rings. The van der Waals surface area contributed by atoms with Crippen LogP contribution in [0.3, 0.4) is 0 Å². The highest BCUT2D eigenvalue weighted by molar-refractivity contribution is 4.99. The summed E-state index contributed by atoms with van der Waals surface area (Å²) >= 11 is 0. The molecule has 1 aliphatic heterocycles. The SMILES string of the molecule is CCC(C)C1CC2(COC2)C1.CCCC(CC(CC)C(C)(C)C)OC. The summed E-state index contributed by atoms with van der Waals surface area (Å²) in [6.45, 7) is 18.3. The fraction of sp³-hybridized carbons (Fsp3) is 1.00. The predicted molar refractivity (Wildman–Crippen MR) is 109 cm³/mol. The lowest BCUT2D eigenvalue weighted by molar-refractivity contribution is -0.186. The van der Waals surface area contributed by atoms with Gasteiger partial charge in [0.15, 0.2) is 0 Å². The first-order valence-corrected chi connectivity index (χ1v) is 10.8. The molecule has 1 saturated heterocycles. The highest BCUT2D eigenvalue weighted by atomic mass is 16.5. The lowest BCUT2D eigenvalue weighted by atomic mass is 9.57. The van der Waals surface area contributed by atoms with Gasteiger partial charge in [-0.2, -0.15) is 0 Å². The molecule has 1 heterocycles. The smallest absolute Gasteiger partial charge is 0.0574 e. The number of ether oxygens (including phenoxy) is 2. The first-order chi connectivity index (χ1) is 11.7. The van der Waals surface area contributed by atoms with Gasteiger partial charge in [0.25, 0.3) is 0 Å². The molecule has 2 heteroatoms. The fourth-order valence-corrected chi connectivity index (χ4v) is 4.52. The average molecular weight is 355 g/mol. The number of hydrogen-bond donors (Lipinski definition) is 0. The molecule has 150 valence electrons. The molecule has 2 nitrogen and oxygen atoms in total. The van der Waals surface area contributed by atoms with Crippen LogP contribution in [0.15, 0.2) is 0 Å². The Morgan fingerprint density at radius 1 is 1.08 bits per heavy atom. The number of hydrogen-bond acceptors (Lipinski definition) is 2. The van der Waals surface area contributed by atoms with Crippen molar-refractivity contribution in [3.8, 4) is 0 Å². The predicted octanol–water partition coefficient (Wildman–Crippen LogP) is 6.72. The Morgan fingerprint density at radius 2 is 1.68 bits per heavy atom. The zero-order valence-corrected chi connectivity index (χ0v) is 18.5. The summed E-state index contributed by atoms with van der Waals surface area (Å²) < 4.78 is 10.8. The summed E-state index contributed by atoms with van der Waals surface area (Å²) in [4.78, 5) is 0. The molecule has 0 N–H and O–H groups in total. The summed E-state index contributed by atoms with van der Waals surface area (Å²) in [6, 6.07) is 0. The van der Waals surface area contributed by atoms with Crippen molar-refractivity contribution in [1.82, 2.24) is 0 Å². The van der Waals surface area contributed by atoms with E-state index >= 15 is 0 Å². The molecule has 0 aromatic carbocycles. The minimum Gasteiger partial charge on any atom is -0.381 e. The third kappa shape index (κ3) is 6.86. The van der Waals surface area contributed by atoms with E-state index in [9.17, 15) is 0 Å². The Kier molecular flexibility index (Phi) is 9.46. The standard InChI is InChI=1S/C13H28O.C10H18O/c1-7-9-12(14-6)10-11(8-2)13(3,4)5;1-3-8(2)9-4-10(5-9)6-11-7-10/h11-12H,7-10H2,1-6H3;8-9H,3-7H2,1-2H3. The van der Waals surface area contributed by atoms with Gasteiger partial charge in [0.2, 0.25) is 0 Å². The third-order valence-corrected chi connectivity index (χ3v) is 6.86. The molecule has 25 heavy (non-hydrogen) atoms. The Labute approximate surface area is 158 Å². The number of rotatable bonds is 8. The van der Waals surface area contributed by atoms with Crippen LogP contribution >= 0.6 is 0 Å². The summed E-state index contributed by atoms with van der Waals surface area (Å²) in [7, 11) is 1.84. The van der Waals surface area contributed by atoms with Crippen LogP contribution < -0.4 is 0 Å². The van der Waals surface area contributed by atoms with Crippen molar-refractivity contribution < 1.29 is 9.47 Å². The van der Waals surface area contributed by atoms with Gasteiger partial charge >= 0.3 is 0 Å². The van der Waals surface area contributed by atoms with E-state index in [1.165, 1.54) is 44.9 Å². The molecular formula is C23H46O2. The van der Waals surface area contributed by atoms with E-state index in [4.69, 9.17) is 9.47 Å². The largest absolute Gasteiger partial charge is 0.381 e. The van der Waals surface area contributed by atoms with Gasteiger partial charge in [0, 0.05) is 12.5 Å². The Hall–Kier alpha value is -0.0800. The maximum absolute atomic E-state index is 5.52. The van der Waals surface area contributed by atoms with Crippen molar-refractivity contribution in [2.75, 3.05) is 20.3 Å². The lowest BCUT2D eigenvalue weighted by Crippen LogP contribution is -2.53. The maximum Gasteiger partial charge on any atom is 0.0574 e. The van der Waals surface area contributed by atoms with Crippen LogP contribution in [0.4, 0.5) is 0 Å². The summed E-state index contributed by atoms with van der Waals surface area (Å²) in [5.74, 6) is 2.74. The normalized spacial score (nSPS) is 23.0. The quantitative estimate of drug-likeness (QED) is 0.481. The van der Waals surface area contributed by atoms with Crippen molar-refractivity contribution in [3.63, 3.8) is 0 Å². The van der Waals surface area contributed by atoms with Gasteiger partial charge in [0.1, 0.15) is 0 Å². The van der Waals surface area contributed by atoms with Gasteiger partial charge in [-0.25, -0.2) is 0 Å². The van der Waals surface area contributed by atoms with Gasteiger partial charge < -0.3 is 9.47 Å². The third-order valence-electron chi connectivity index (χ3n) is 6.86. The van der Waals surface area contributed by atoms with Crippen LogP contribution in [0.2, 0.25) is 0 Å². The van der Waals surface area contributed by atoms with Crippen molar-refractivity contribution in [2.45, 2.75) is 99.5 Å². The molecular weight excluding hydrogens is 308 g/mol. The van der Waals surface area contributed by atoms with E-state index < -0.39 is 0 Å². The molecule has 3 unspecified atom stereocenters. The van der Waals surface area contributed by atoms with Crippen molar-refractivity contribution in [3.05, 3.63) is 0 Å². The van der Waals surface area contributed by atoms with Crippen LogP contribution in [0.1, 0.15) is 93.4 Å². The van der Waals surface area contributed by atoms with Crippen LogP contribution in [0, 0.1) is 28.6 Å². The summed E-state index contributed by atoms with van der Waals surface area (Å²) in [5, 5.41) is 0. The van der Waals surface area contributed by atoms with Crippen molar-refractivity contribution in [2.24, 2.45) is 28.6 Å². The van der Waals surface area contributed by atoms with E-state index in [2.05, 4.69) is 48.5 Å². The molecule has 3 atom stereocenters. The van der Waals surface area contributed by atoms with Crippen molar-refractivity contribution >= 4 is 0 Å². The van der Waals surface area contributed by atoms with E-state index in [0.29, 0.717) is 16.9 Å². The molecule has 1 saturated carbocycles. The second kappa shape index (κ2) is 10.3. The van der Waals surface area contributed by atoms with E-state index in [-0.39, 0.29) is 0 Å². The molecule has 0 amide bonds. The molecule has 1 spiro atoms. The zero-order chi connectivity index (χ0) is 19.1. The Morgan fingerprint density at radius 3 is 2.00 bits per heavy atom. The maximum atomic E-state index is 5.52. The lowest BCUT2D eigenvalue weighted by Gasteiger charge is -2.55. The molecule has 0 aromatic heterocycles. The first-order valence-electron chi connectivity index (χ1n) is 10.8. The first kappa shape index (κ1) is 23.0. The van der Waals surface area contributed by atoms with Crippen LogP contribution in [-0.2, 0) is 9.47 Å². The van der Waals surface area contributed by atoms with Gasteiger partial charge in [-0.05, 0) is 48.9 Å². The van der Waals surface area contributed by atoms with Gasteiger partial charge in [0.05, 0.1) is 19.3 Å². The molecule has 0 radical (unpaired) electrons. The Balaban J connectivity index is 0.000000255. The van der Waals surface area contributed by atoms with E-state index in [1.54, 1.807) is 0 Å². The monoisotopic (exact) mass is 354 g/mol. The van der Waals surface area contributed by atoms with Gasteiger partial charge in [-0.3, -0.25) is 0 Å². The van der Waals surface area contributed by atoms with Crippen LogP contribution in [-0.4, -0.2) is 26.4 Å². The molecule has 2 rings (SSSR count). The molecule has 1 aliphatic carbocycles. The fourth-order valence-electron chi connectivity index (χ4n) is 4.52. The summed E-state index contributed by atoms with van der Waals surface area (Å²) in [5.41, 5.74) is 1.09. The molecule has 2 fully saturated rings. The van der Waals surface area contributed by atoms with E-state index in [1.807, 2.05) is 7.11 Å². The highest BCUT2D eigenvalue weighted by Gasteiger charge is 2.50. The minimum absolute atomic E-state index is 0.416. The second-order valence-electron chi connectivity index (χ2n) is 9.90. The average Bonchev–Trinajstić information content (AvgIpc) is 2.47. The number of methoxy groups -OCH3 is 1. The topological polar surface area (TPSA) is 18.5 Å².